The van der Waals surface area contributed by atoms with E-state index < -0.39 is 0 Å². The van der Waals surface area contributed by atoms with Crippen LogP contribution in [0.15, 0.2) is 36.5 Å². The highest BCUT2D eigenvalue weighted by Crippen LogP contribution is 2.15. The van der Waals surface area contributed by atoms with Gasteiger partial charge in [0.15, 0.2) is 0 Å². The van der Waals surface area contributed by atoms with Gasteiger partial charge in [-0.3, -0.25) is 0 Å². The van der Waals surface area contributed by atoms with Gasteiger partial charge in [0.1, 0.15) is 0 Å². The maximum Gasteiger partial charge on any atom is 0.0480 e. The van der Waals surface area contributed by atoms with Gasteiger partial charge >= 0.3 is 0 Å². The summed E-state index contributed by atoms with van der Waals surface area (Å²) in [5.41, 5.74) is 1.35. The Labute approximate surface area is 108 Å². The molecule has 1 fully saturated rings. The molecule has 96 valence electrons. The molecule has 1 atom stereocenters. The Kier molecular flexibility index (Phi) is 3.62. The topological polar surface area (TPSA) is 29.0 Å². The molecule has 1 saturated heterocycles. The normalized spacial score (nSPS) is 19.7. The first-order valence-corrected chi connectivity index (χ1v) is 6.91. The largest absolute Gasteiger partial charge is 0.347 e. The Bertz CT molecular complexity index is 497. The highest BCUT2D eigenvalue weighted by Gasteiger charge is 2.12. The molecule has 1 aliphatic rings. The predicted molar refractivity (Wildman–Crippen MR) is 75.8 cm³/mol. The van der Waals surface area contributed by atoms with E-state index in [1.807, 2.05) is 0 Å². The summed E-state index contributed by atoms with van der Waals surface area (Å²) in [6, 6.07) is 11.5. The van der Waals surface area contributed by atoms with Gasteiger partial charge < -0.3 is 15.2 Å². The average Bonchev–Trinajstić information content (AvgIpc) is 3.04. The van der Waals surface area contributed by atoms with Crippen LogP contribution in [-0.4, -0.2) is 30.2 Å². The zero-order valence-electron chi connectivity index (χ0n) is 10.7. The van der Waals surface area contributed by atoms with Gasteiger partial charge in [0.05, 0.1) is 0 Å². The van der Waals surface area contributed by atoms with Crippen molar-refractivity contribution in [3.63, 3.8) is 0 Å². The number of para-hydroxylation sites is 1. The van der Waals surface area contributed by atoms with Crippen molar-refractivity contribution in [2.75, 3.05) is 19.6 Å². The highest BCUT2D eigenvalue weighted by atomic mass is 15.0. The third kappa shape index (κ3) is 2.57. The molecule has 2 aromatic rings. The van der Waals surface area contributed by atoms with Crippen LogP contribution >= 0.6 is 0 Å². The fourth-order valence-corrected chi connectivity index (χ4v) is 2.72. The number of hydrogen-bond donors (Lipinski definition) is 2. The molecular weight excluding hydrogens is 222 g/mol. The van der Waals surface area contributed by atoms with Gasteiger partial charge in [-0.05, 0) is 43.5 Å². The smallest absolute Gasteiger partial charge is 0.0480 e. The molecule has 0 saturated carbocycles. The lowest BCUT2D eigenvalue weighted by Crippen LogP contribution is -2.32. The summed E-state index contributed by atoms with van der Waals surface area (Å²) in [5.74, 6) is 0. The second-order valence-electron chi connectivity index (χ2n) is 5.07. The van der Waals surface area contributed by atoms with E-state index >= 15 is 0 Å². The minimum absolute atomic E-state index is 0.686. The highest BCUT2D eigenvalue weighted by molar-refractivity contribution is 5.79. The van der Waals surface area contributed by atoms with Crippen molar-refractivity contribution in [3.05, 3.63) is 36.5 Å². The first-order chi connectivity index (χ1) is 8.93. The van der Waals surface area contributed by atoms with E-state index in [1.165, 1.54) is 30.3 Å². The molecule has 0 spiro atoms. The molecule has 0 bridgehead atoms. The maximum atomic E-state index is 3.62. The molecule has 3 rings (SSSR count). The van der Waals surface area contributed by atoms with E-state index in [9.17, 15) is 0 Å². The summed E-state index contributed by atoms with van der Waals surface area (Å²) in [6.45, 7) is 4.51. The van der Waals surface area contributed by atoms with Crippen molar-refractivity contribution in [2.24, 2.45) is 0 Å². The molecular formula is C15H21N3. The van der Waals surface area contributed by atoms with Crippen LogP contribution < -0.4 is 10.6 Å². The molecule has 1 unspecified atom stereocenters. The maximum absolute atomic E-state index is 3.62. The van der Waals surface area contributed by atoms with Crippen LogP contribution in [0, 0.1) is 0 Å². The van der Waals surface area contributed by atoms with Crippen molar-refractivity contribution in [3.8, 4) is 0 Å². The second-order valence-corrected chi connectivity index (χ2v) is 5.07. The van der Waals surface area contributed by atoms with Crippen LogP contribution in [0.1, 0.15) is 12.8 Å². The van der Waals surface area contributed by atoms with Gasteiger partial charge in [0, 0.05) is 30.8 Å². The van der Waals surface area contributed by atoms with Crippen LogP contribution in [0.3, 0.4) is 0 Å². The standard InChI is InChI=1S/C15H21N3/c1-2-5-15-13(4-1)7-11-18(15)10-3-8-17-14-6-9-16-12-14/h1-2,4-5,7,11,14,16-17H,3,6,8-10,12H2. The summed E-state index contributed by atoms with van der Waals surface area (Å²) >= 11 is 0. The lowest BCUT2D eigenvalue weighted by Gasteiger charge is -2.11. The Hall–Kier alpha value is -1.32. The third-order valence-electron chi connectivity index (χ3n) is 3.75. The zero-order chi connectivity index (χ0) is 12.2. The molecule has 0 radical (unpaired) electrons. The molecule has 2 N–H and O–H groups in total. The number of nitrogens with zero attached hydrogens (tertiary/aromatic N) is 1. The van der Waals surface area contributed by atoms with Crippen LogP contribution in [0.25, 0.3) is 10.9 Å². The van der Waals surface area contributed by atoms with Crippen LogP contribution in [0.5, 0.6) is 0 Å². The molecule has 2 heterocycles. The zero-order valence-corrected chi connectivity index (χ0v) is 10.7. The molecule has 1 aromatic carbocycles. The van der Waals surface area contributed by atoms with Crippen LogP contribution in [0.4, 0.5) is 0 Å². The van der Waals surface area contributed by atoms with E-state index in [0.29, 0.717) is 6.04 Å². The Morgan fingerprint density at radius 3 is 3.11 bits per heavy atom. The molecule has 0 amide bonds. The number of rotatable bonds is 5. The van der Waals surface area contributed by atoms with Crippen molar-refractivity contribution in [1.82, 2.24) is 15.2 Å². The summed E-state index contributed by atoms with van der Waals surface area (Å²) in [4.78, 5) is 0. The third-order valence-corrected chi connectivity index (χ3v) is 3.75. The molecule has 0 aliphatic carbocycles. The quantitative estimate of drug-likeness (QED) is 0.786. The summed E-state index contributed by atoms with van der Waals surface area (Å²) < 4.78 is 2.35. The van der Waals surface area contributed by atoms with E-state index in [4.69, 9.17) is 0 Å². The van der Waals surface area contributed by atoms with Crippen molar-refractivity contribution < 1.29 is 0 Å². The molecule has 18 heavy (non-hydrogen) atoms. The molecule has 3 nitrogen and oxygen atoms in total. The van der Waals surface area contributed by atoms with E-state index in [-0.39, 0.29) is 0 Å². The van der Waals surface area contributed by atoms with E-state index in [2.05, 4.69) is 51.7 Å². The number of aromatic nitrogens is 1. The minimum Gasteiger partial charge on any atom is -0.347 e. The number of aryl methyl sites for hydroxylation is 1. The van der Waals surface area contributed by atoms with Gasteiger partial charge in [-0.2, -0.15) is 0 Å². The van der Waals surface area contributed by atoms with Gasteiger partial charge in [0.25, 0.3) is 0 Å². The number of hydrogen-bond acceptors (Lipinski definition) is 2. The lowest BCUT2D eigenvalue weighted by atomic mass is 10.2. The van der Waals surface area contributed by atoms with Crippen molar-refractivity contribution in [2.45, 2.75) is 25.4 Å². The van der Waals surface area contributed by atoms with Gasteiger partial charge in [-0.25, -0.2) is 0 Å². The Morgan fingerprint density at radius 1 is 1.28 bits per heavy atom. The van der Waals surface area contributed by atoms with Gasteiger partial charge in [-0.15, -0.1) is 0 Å². The summed E-state index contributed by atoms with van der Waals surface area (Å²) in [5, 5.41) is 8.34. The molecule has 1 aromatic heterocycles. The molecule has 3 heteroatoms. The van der Waals surface area contributed by atoms with Crippen molar-refractivity contribution in [1.29, 1.82) is 0 Å². The number of benzene rings is 1. The van der Waals surface area contributed by atoms with E-state index in [0.717, 1.165) is 19.6 Å². The summed E-state index contributed by atoms with van der Waals surface area (Å²) in [6.07, 6.45) is 4.66. The first-order valence-electron chi connectivity index (χ1n) is 6.91. The van der Waals surface area contributed by atoms with Crippen LogP contribution in [0.2, 0.25) is 0 Å². The summed E-state index contributed by atoms with van der Waals surface area (Å²) in [7, 11) is 0. The lowest BCUT2D eigenvalue weighted by molar-refractivity contribution is 0.515. The SMILES string of the molecule is c1ccc2c(c1)ccn2CCCNC1CCNC1. The van der Waals surface area contributed by atoms with Gasteiger partial charge in [-0.1, -0.05) is 18.2 Å². The Balaban J connectivity index is 1.50. The second kappa shape index (κ2) is 5.55. The first kappa shape index (κ1) is 11.8. The van der Waals surface area contributed by atoms with Gasteiger partial charge in [0.2, 0.25) is 0 Å². The predicted octanol–water partition coefficient (Wildman–Crippen LogP) is 1.98. The fourth-order valence-electron chi connectivity index (χ4n) is 2.72. The monoisotopic (exact) mass is 243 g/mol. The van der Waals surface area contributed by atoms with Crippen molar-refractivity contribution >= 4 is 10.9 Å². The molecule has 1 aliphatic heterocycles. The minimum atomic E-state index is 0.686. The van der Waals surface area contributed by atoms with E-state index in [1.54, 1.807) is 0 Å². The number of fused-ring (bicyclic) bond motifs is 1. The average molecular weight is 243 g/mol. The fraction of sp³-hybridized carbons (Fsp3) is 0.467. The van der Waals surface area contributed by atoms with Crippen LogP contribution in [-0.2, 0) is 6.54 Å². The Morgan fingerprint density at radius 2 is 2.22 bits per heavy atom. The number of nitrogens with one attached hydrogen (secondary N) is 2.